The summed E-state index contributed by atoms with van der Waals surface area (Å²) in [6.45, 7) is 2.60. The van der Waals surface area contributed by atoms with Crippen LogP contribution in [-0.2, 0) is 11.2 Å². The van der Waals surface area contributed by atoms with E-state index in [-0.39, 0.29) is 23.6 Å². The van der Waals surface area contributed by atoms with Gasteiger partial charge in [0.1, 0.15) is 5.69 Å². The molecule has 0 spiro atoms. The minimum atomic E-state index is -0.0392. The Morgan fingerprint density at radius 1 is 1.16 bits per heavy atom. The number of aromatic nitrogens is 1. The van der Waals surface area contributed by atoms with Gasteiger partial charge in [-0.1, -0.05) is 0 Å². The van der Waals surface area contributed by atoms with Crippen molar-refractivity contribution in [3.8, 4) is 0 Å². The first-order valence-corrected chi connectivity index (χ1v) is 9.24. The number of ketones is 1. The number of rotatable bonds is 2. The number of H-pyrrole nitrogens is 1. The first kappa shape index (κ1) is 16.4. The van der Waals surface area contributed by atoms with Gasteiger partial charge in [-0.25, -0.2) is 0 Å². The van der Waals surface area contributed by atoms with Gasteiger partial charge in [-0.2, -0.15) is 0 Å². The Morgan fingerprint density at radius 3 is 2.68 bits per heavy atom. The zero-order valence-corrected chi connectivity index (χ0v) is 14.9. The van der Waals surface area contributed by atoms with Crippen molar-refractivity contribution >= 4 is 17.6 Å². The van der Waals surface area contributed by atoms with Gasteiger partial charge < -0.3 is 15.2 Å². The monoisotopic (exact) mass is 343 g/mol. The van der Waals surface area contributed by atoms with Crippen molar-refractivity contribution in [1.29, 1.82) is 0 Å². The average molecular weight is 343 g/mol. The second kappa shape index (κ2) is 6.00. The second-order valence-corrected chi connectivity index (χ2v) is 7.82. The predicted octanol–water partition coefficient (Wildman–Crippen LogP) is 1.83. The standard InChI is InChI=1S/C19H25N3O3/c1-10-17-14(4-3-5-15(17)23)21-18(10)19(25)22(2)13-6-11-8-16(24)20-9-12(11)7-13/h11-13,21H,3-9H2,1-2H3,(H,20,24)/t11-,12+,13-/m0/s1. The Balaban J connectivity index is 1.54. The van der Waals surface area contributed by atoms with Crippen LogP contribution in [0.15, 0.2) is 0 Å². The van der Waals surface area contributed by atoms with Gasteiger partial charge in [-0.15, -0.1) is 0 Å². The van der Waals surface area contributed by atoms with Gasteiger partial charge >= 0.3 is 0 Å². The first-order valence-electron chi connectivity index (χ1n) is 9.24. The van der Waals surface area contributed by atoms with E-state index in [9.17, 15) is 14.4 Å². The van der Waals surface area contributed by atoms with E-state index in [4.69, 9.17) is 0 Å². The number of carbonyl (C=O) groups is 3. The quantitative estimate of drug-likeness (QED) is 0.859. The number of Topliss-reactive ketones (excluding diaryl/α,β-unsaturated/α-hetero) is 1. The molecule has 0 bridgehead atoms. The number of aryl methyl sites for hydroxylation is 1. The molecule has 3 aliphatic rings. The molecule has 1 aliphatic heterocycles. The number of carbonyl (C=O) groups excluding carboxylic acids is 3. The fraction of sp³-hybridized carbons (Fsp3) is 0.632. The van der Waals surface area contributed by atoms with Crippen molar-refractivity contribution in [3.63, 3.8) is 0 Å². The maximum Gasteiger partial charge on any atom is 0.270 e. The summed E-state index contributed by atoms with van der Waals surface area (Å²) in [4.78, 5) is 41.9. The van der Waals surface area contributed by atoms with E-state index in [1.54, 1.807) is 0 Å². The largest absolute Gasteiger partial charge is 0.356 e. The molecule has 2 heterocycles. The number of amides is 2. The topological polar surface area (TPSA) is 82.3 Å². The number of hydrogen-bond donors (Lipinski definition) is 2. The molecule has 1 aromatic heterocycles. The lowest BCUT2D eigenvalue weighted by molar-refractivity contribution is -0.124. The van der Waals surface area contributed by atoms with Gasteiger partial charge in [0, 0.05) is 43.7 Å². The normalized spacial score (nSPS) is 28.3. The summed E-state index contributed by atoms with van der Waals surface area (Å²) in [5.74, 6) is 1.09. The van der Waals surface area contributed by atoms with Crippen LogP contribution in [0.2, 0.25) is 0 Å². The molecule has 6 heteroatoms. The number of fused-ring (bicyclic) bond motifs is 2. The molecule has 1 saturated heterocycles. The van der Waals surface area contributed by atoms with Crippen molar-refractivity contribution < 1.29 is 14.4 Å². The predicted molar refractivity (Wildman–Crippen MR) is 92.5 cm³/mol. The fourth-order valence-electron chi connectivity index (χ4n) is 4.88. The molecule has 2 N–H and O–H groups in total. The summed E-state index contributed by atoms with van der Waals surface area (Å²) in [5, 5.41) is 2.93. The number of aromatic amines is 1. The van der Waals surface area contributed by atoms with Crippen LogP contribution in [-0.4, -0.2) is 47.1 Å². The molecule has 25 heavy (non-hydrogen) atoms. The molecular weight excluding hydrogens is 318 g/mol. The highest BCUT2D eigenvalue weighted by Crippen LogP contribution is 2.38. The Hall–Kier alpha value is -2.11. The highest BCUT2D eigenvalue weighted by molar-refractivity contribution is 6.04. The Morgan fingerprint density at radius 2 is 1.92 bits per heavy atom. The summed E-state index contributed by atoms with van der Waals surface area (Å²) in [7, 11) is 1.85. The van der Waals surface area contributed by atoms with Crippen molar-refractivity contribution in [2.75, 3.05) is 13.6 Å². The third-order valence-corrected chi connectivity index (χ3v) is 6.34. The minimum absolute atomic E-state index is 0.0392. The van der Waals surface area contributed by atoms with Crippen LogP contribution in [0.1, 0.15) is 64.2 Å². The van der Waals surface area contributed by atoms with Crippen molar-refractivity contribution in [1.82, 2.24) is 15.2 Å². The fourth-order valence-corrected chi connectivity index (χ4v) is 4.88. The molecule has 3 atom stereocenters. The van der Waals surface area contributed by atoms with Crippen molar-refractivity contribution in [3.05, 3.63) is 22.5 Å². The first-order chi connectivity index (χ1) is 12.0. The molecule has 2 aliphatic carbocycles. The van der Waals surface area contributed by atoms with Crippen LogP contribution in [0.25, 0.3) is 0 Å². The number of piperidine rings is 1. The number of nitrogens with zero attached hydrogens (tertiary/aromatic N) is 1. The van der Waals surface area contributed by atoms with Crippen LogP contribution < -0.4 is 5.32 Å². The third kappa shape index (κ3) is 2.68. The van der Waals surface area contributed by atoms with Crippen molar-refractivity contribution in [2.45, 2.75) is 51.5 Å². The molecule has 0 radical (unpaired) electrons. The average Bonchev–Trinajstić information content (AvgIpc) is 3.15. The van der Waals surface area contributed by atoms with Crippen LogP contribution in [0.5, 0.6) is 0 Å². The van der Waals surface area contributed by atoms with Gasteiger partial charge in [-0.05, 0) is 50.0 Å². The maximum absolute atomic E-state index is 13.0. The number of nitrogens with one attached hydrogen (secondary N) is 2. The van der Waals surface area contributed by atoms with Gasteiger partial charge in [0.15, 0.2) is 5.78 Å². The maximum atomic E-state index is 13.0. The van der Waals surface area contributed by atoms with E-state index in [1.807, 2.05) is 18.9 Å². The highest BCUT2D eigenvalue weighted by Gasteiger charge is 2.41. The molecule has 6 nitrogen and oxygen atoms in total. The summed E-state index contributed by atoms with van der Waals surface area (Å²) in [5.41, 5.74) is 3.01. The van der Waals surface area contributed by atoms with Gasteiger partial charge in [-0.3, -0.25) is 14.4 Å². The SMILES string of the molecule is Cc1c(C(=O)N(C)[C@H]2C[C@H]3CC(=O)NC[C@H]3C2)[nH]c2c1C(=O)CCC2. The van der Waals surface area contributed by atoms with Crippen LogP contribution in [0.4, 0.5) is 0 Å². The lowest BCUT2D eigenvalue weighted by Gasteiger charge is -2.24. The zero-order valence-electron chi connectivity index (χ0n) is 14.9. The van der Waals surface area contributed by atoms with Gasteiger partial charge in [0.05, 0.1) is 0 Å². The van der Waals surface area contributed by atoms with Crippen LogP contribution >= 0.6 is 0 Å². The molecular formula is C19H25N3O3. The van der Waals surface area contributed by atoms with E-state index < -0.39 is 0 Å². The van der Waals surface area contributed by atoms with E-state index in [2.05, 4.69) is 10.3 Å². The summed E-state index contributed by atoms with van der Waals surface area (Å²) >= 11 is 0. The molecule has 134 valence electrons. The van der Waals surface area contributed by atoms with Gasteiger partial charge in [0.25, 0.3) is 5.91 Å². The Labute approximate surface area is 147 Å². The second-order valence-electron chi connectivity index (χ2n) is 7.82. The lowest BCUT2D eigenvalue weighted by Crippen LogP contribution is -2.38. The summed E-state index contributed by atoms with van der Waals surface area (Å²) in [6.07, 6.45) is 4.66. The van der Waals surface area contributed by atoms with Crippen LogP contribution in [0.3, 0.4) is 0 Å². The highest BCUT2D eigenvalue weighted by atomic mass is 16.2. The summed E-state index contributed by atoms with van der Waals surface area (Å²) in [6, 6.07) is 0.158. The molecule has 0 aromatic carbocycles. The Kier molecular flexibility index (Phi) is 3.93. The lowest BCUT2D eigenvalue weighted by atomic mass is 9.89. The van der Waals surface area contributed by atoms with Crippen LogP contribution in [0, 0.1) is 18.8 Å². The molecule has 4 rings (SSSR count). The van der Waals surface area contributed by atoms with E-state index in [0.29, 0.717) is 30.4 Å². The van der Waals surface area contributed by atoms with Crippen molar-refractivity contribution in [2.24, 2.45) is 11.8 Å². The van der Waals surface area contributed by atoms with E-state index >= 15 is 0 Å². The third-order valence-electron chi connectivity index (χ3n) is 6.34. The van der Waals surface area contributed by atoms with E-state index in [0.717, 1.165) is 49.0 Å². The molecule has 2 fully saturated rings. The number of hydrogen-bond acceptors (Lipinski definition) is 3. The molecule has 1 saturated carbocycles. The molecule has 2 amide bonds. The Bertz CT molecular complexity index is 751. The molecule has 0 unspecified atom stereocenters. The zero-order chi connectivity index (χ0) is 17.7. The minimum Gasteiger partial charge on any atom is -0.356 e. The molecule has 1 aromatic rings. The van der Waals surface area contributed by atoms with E-state index in [1.165, 1.54) is 0 Å². The summed E-state index contributed by atoms with van der Waals surface area (Å²) < 4.78 is 0. The van der Waals surface area contributed by atoms with Gasteiger partial charge in [0.2, 0.25) is 5.91 Å². The smallest absolute Gasteiger partial charge is 0.270 e.